The van der Waals surface area contributed by atoms with E-state index < -0.39 is 0 Å². The normalized spacial score (nSPS) is 38.8. The monoisotopic (exact) mass is 330 g/mol. The summed E-state index contributed by atoms with van der Waals surface area (Å²) in [7, 11) is 0. The van der Waals surface area contributed by atoms with Gasteiger partial charge in [-0.25, -0.2) is 0 Å². The number of ether oxygens (including phenoxy) is 1. The van der Waals surface area contributed by atoms with E-state index in [1.807, 2.05) is 0 Å². The summed E-state index contributed by atoms with van der Waals surface area (Å²) in [6, 6.07) is 0. The maximum atomic E-state index is 11.4. The molecule has 0 aromatic rings. The Labute approximate surface area is 147 Å². The molecule has 0 amide bonds. The van der Waals surface area contributed by atoms with Crippen molar-refractivity contribution in [3.8, 4) is 0 Å². The van der Waals surface area contributed by atoms with E-state index in [1.54, 1.807) is 11.1 Å². The van der Waals surface area contributed by atoms with E-state index >= 15 is 0 Å². The summed E-state index contributed by atoms with van der Waals surface area (Å²) in [6.07, 6.45) is 12.5. The van der Waals surface area contributed by atoms with Crippen LogP contribution in [0.5, 0.6) is 0 Å². The minimum absolute atomic E-state index is 0.128. The molecule has 0 aromatic heterocycles. The number of fused-ring (bicyclic) bond motifs is 3. The standard InChI is InChI=1S/C22H34O2/c1-15(2)17-7-9-19-18(13-17)8-10-20-21(4,14-24-16(3)23)11-6-12-22(19,20)5/h8,13,15,19-20H,6-7,9-12,14H2,1-5H3/t19-,20+,21+,22+/m1/s1. The lowest BCUT2D eigenvalue weighted by molar-refractivity contribution is -0.151. The Balaban J connectivity index is 1.90. The van der Waals surface area contributed by atoms with Gasteiger partial charge in [0, 0.05) is 12.3 Å². The Morgan fingerprint density at radius 1 is 1.33 bits per heavy atom. The molecular weight excluding hydrogens is 296 g/mol. The maximum Gasteiger partial charge on any atom is 0.302 e. The van der Waals surface area contributed by atoms with Crippen LogP contribution in [0.25, 0.3) is 0 Å². The SMILES string of the molecule is CC(=O)OC[C@]1(C)CCC[C@@]2(C)[C@@H]3CCC(C(C)C)=CC3=CC[C@@H]12. The molecule has 0 bridgehead atoms. The number of hydrogen-bond donors (Lipinski definition) is 0. The number of carbonyl (C=O) groups is 1. The molecular formula is C22H34O2. The quantitative estimate of drug-likeness (QED) is 0.622. The van der Waals surface area contributed by atoms with Crippen molar-refractivity contribution >= 4 is 5.97 Å². The van der Waals surface area contributed by atoms with Gasteiger partial charge in [-0.15, -0.1) is 0 Å². The molecule has 2 heteroatoms. The molecule has 0 heterocycles. The third kappa shape index (κ3) is 2.97. The Morgan fingerprint density at radius 3 is 2.75 bits per heavy atom. The highest BCUT2D eigenvalue weighted by Crippen LogP contribution is 2.62. The molecule has 0 aliphatic heterocycles. The van der Waals surface area contributed by atoms with Crippen LogP contribution in [0.3, 0.4) is 0 Å². The Kier molecular flexibility index (Phi) is 4.70. The summed E-state index contributed by atoms with van der Waals surface area (Å²) < 4.78 is 5.49. The van der Waals surface area contributed by atoms with Gasteiger partial charge >= 0.3 is 5.97 Å². The fourth-order valence-electron chi connectivity index (χ4n) is 5.91. The van der Waals surface area contributed by atoms with Gasteiger partial charge in [-0.05, 0) is 60.8 Å². The van der Waals surface area contributed by atoms with Gasteiger partial charge in [0.05, 0.1) is 6.61 Å². The molecule has 0 unspecified atom stereocenters. The molecule has 3 aliphatic rings. The van der Waals surface area contributed by atoms with Crippen molar-refractivity contribution in [1.29, 1.82) is 0 Å². The minimum Gasteiger partial charge on any atom is -0.465 e. The number of esters is 1. The number of carbonyl (C=O) groups excluding carboxylic acids is 1. The van der Waals surface area contributed by atoms with Gasteiger partial charge in [-0.3, -0.25) is 4.79 Å². The average molecular weight is 331 g/mol. The minimum atomic E-state index is -0.141. The second-order valence-electron chi connectivity index (χ2n) is 9.25. The van der Waals surface area contributed by atoms with Crippen LogP contribution in [0.1, 0.15) is 73.1 Å². The smallest absolute Gasteiger partial charge is 0.302 e. The first-order valence-corrected chi connectivity index (χ1v) is 9.80. The summed E-state index contributed by atoms with van der Waals surface area (Å²) in [6.45, 7) is 11.6. The van der Waals surface area contributed by atoms with Crippen LogP contribution in [-0.2, 0) is 9.53 Å². The van der Waals surface area contributed by atoms with Gasteiger partial charge < -0.3 is 4.74 Å². The Bertz CT molecular complexity index is 571. The molecule has 134 valence electrons. The summed E-state index contributed by atoms with van der Waals surface area (Å²) >= 11 is 0. The first-order valence-electron chi connectivity index (χ1n) is 9.80. The van der Waals surface area contributed by atoms with Crippen molar-refractivity contribution in [3.63, 3.8) is 0 Å². The zero-order valence-electron chi connectivity index (χ0n) is 16.2. The zero-order chi connectivity index (χ0) is 17.5. The fraction of sp³-hybridized carbons (Fsp3) is 0.773. The Morgan fingerprint density at radius 2 is 2.08 bits per heavy atom. The molecule has 3 rings (SSSR count). The third-order valence-corrected chi connectivity index (χ3v) is 7.31. The van der Waals surface area contributed by atoms with Crippen LogP contribution >= 0.6 is 0 Å². The van der Waals surface area contributed by atoms with Gasteiger partial charge in [0.2, 0.25) is 0 Å². The zero-order valence-corrected chi connectivity index (χ0v) is 16.2. The van der Waals surface area contributed by atoms with Gasteiger partial charge in [-0.2, -0.15) is 0 Å². The predicted molar refractivity (Wildman–Crippen MR) is 98.5 cm³/mol. The van der Waals surface area contributed by atoms with Crippen LogP contribution in [0.4, 0.5) is 0 Å². The van der Waals surface area contributed by atoms with E-state index in [9.17, 15) is 4.79 Å². The van der Waals surface area contributed by atoms with Crippen LogP contribution in [0, 0.1) is 28.6 Å². The van der Waals surface area contributed by atoms with Crippen molar-refractivity contribution in [2.24, 2.45) is 28.6 Å². The van der Waals surface area contributed by atoms with Crippen molar-refractivity contribution in [3.05, 3.63) is 23.3 Å². The van der Waals surface area contributed by atoms with Gasteiger partial charge in [-0.1, -0.05) is 51.8 Å². The number of allylic oxidation sites excluding steroid dienone is 4. The van der Waals surface area contributed by atoms with Gasteiger partial charge in [0.15, 0.2) is 0 Å². The van der Waals surface area contributed by atoms with E-state index in [0.717, 1.165) is 6.42 Å². The summed E-state index contributed by atoms with van der Waals surface area (Å²) in [5.74, 6) is 1.84. The van der Waals surface area contributed by atoms with E-state index in [-0.39, 0.29) is 11.4 Å². The fourth-order valence-corrected chi connectivity index (χ4v) is 5.91. The molecule has 2 nitrogen and oxygen atoms in total. The molecule has 1 saturated carbocycles. The summed E-state index contributed by atoms with van der Waals surface area (Å²) in [5.41, 5.74) is 3.71. The molecule has 3 aliphatic carbocycles. The van der Waals surface area contributed by atoms with Crippen LogP contribution in [0.2, 0.25) is 0 Å². The van der Waals surface area contributed by atoms with E-state index in [4.69, 9.17) is 4.74 Å². The molecule has 0 saturated heterocycles. The highest BCUT2D eigenvalue weighted by atomic mass is 16.5. The average Bonchev–Trinajstić information content (AvgIpc) is 2.52. The van der Waals surface area contributed by atoms with Crippen molar-refractivity contribution in [2.45, 2.75) is 73.1 Å². The highest BCUT2D eigenvalue weighted by Gasteiger charge is 2.54. The van der Waals surface area contributed by atoms with E-state index in [2.05, 4.69) is 39.8 Å². The molecule has 24 heavy (non-hydrogen) atoms. The lowest BCUT2D eigenvalue weighted by Gasteiger charge is -2.58. The largest absolute Gasteiger partial charge is 0.465 e. The van der Waals surface area contributed by atoms with E-state index in [1.165, 1.54) is 39.0 Å². The molecule has 0 radical (unpaired) electrons. The lowest BCUT2D eigenvalue weighted by atomic mass is 9.47. The van der Waals surface area contributed by atoms with Crippen LogP contribution in [-0.4, -0.2) is 12.6 Å². The lowest BCUT2D eigenvalue weighted by Crippen LogP contribution is -2.51. The topological polar surface area (TPSA) is 26.3 Å². The van der Waals surface area contributed by atoms with Crippen molar-refractivity contribution in [2.75, 3.05) is 6.61 Å². The van der Waals surface area contributed by atoms with Crippen LogP contribution < -0.4 is 0 Å². The molecule has 4 atom stereocenters. The molecule has 1 fully saturated rings. The van der Waals surface area contributed by atoms with Crippen molar-refractivity contribution in [1.82, 2.24) is 0 Å². The number of rotatable bonds is 3. The van der Waals surface area contributed by atoms with E-state index in [0.29, 0.717) is 29.8 Å². The Hall–Kier alpha value is -1.05. The second-order valence-corrected chi connectivity index (χ2v) is 9.25. The van der Waals surface area contributed by atoms with Gasteiger partial charge in [0.1, 0.15) is 0 Å². The van der Waals surface area contributed by atoms with Crippen LogP contribution in [0.15, 0.2) is 23.3 Å². The summed E-state index contributed by atoms with van der Waals surface area (Å²) in [4.78, 5) is 11.4. The maximum absolute atomic E-state index is 11.4. The molecule has 0 aromatic carbocycles. The first kappa shape index (κ1) is 17.8. The molecule has 0 spiro atoms. The highest BCUT2D eigenvalue weighted by molar-refractivity contribution is 5.65. The van der Waals surface area contributed by atoms with Crippen molar-refractivity contribution < 1.29 is 9.53 Å². The predicted octanol–water partition coefficient (Wildman–Crippen LogP) is 5.68. The second kappa shape index (κ2) is 6.35. The number of hydrogen-bond acceptors (Lipinski definition) is 2. The first-order chi connectivity index (χ1) is 11.3. The molecule has 0 N–H and O–H groups in total. The summed E-state index contributed by atoms with van der Waals surface area (Å²) in [5, 5.41) is 0. The third-order valence-electron chi connectivity index (χ3n) is 7.31. The van der Waals surface area contributed by atoms with Gasteiger partial charge in [0.25, 0.3) is 0 Å².